The predicted molar refractivity (Wildman–Crippen MR) is 116 cm³/mol. The van der Waals surface area contributed by atoms with E-state index in [1.165, 1.54) is 5.56 Å². The largest absolute Gasteiger partial charge is 0.490 e. The highest BCUT2D eigenvalue weighted by Crippen LogP contribution is 2.33. The van der Waals surface area contributed by atoms with Crippen LogP contribution in [-0.2, 0) is 16.6 Å². The third kappa shape index (κ3) is 4.13. The average molecular weight is 443 g/mol. The molecule has 2 aromatic heterocycles. The summed E-state index contributed by atoms with van der Waals surface area (Å²) in [5.41, 5.74) is 3.10. The first-order valence-corrected chi connectivity index (χ1v) is 12.0. The summed E-state index contributed by atoms with van der Waals surface area (Å²) in [6.07, 6.45) is 4.89. The van der Waals surface area contributed by atoms with Crippen molar-refractivity contribution in [2.75, 3.05) is 39.4 Å². The van der Waals surface area contributed by atoms with E-state index in [2.05, 4.69) is 29.1 Å². The molecule has 0 radical (unpaired) electrons. The zero-order valence-electron chi connectivity index (χ0n) is 17.5. The van der Waals surface area contributed by atoms with Crippen LogP contribution in [0.4, 0.5) is 0 Å². The van der Waals surface area contributed by atoms with E-state index >= 15 is 0 Å². The molecular weight excluding hydrogens is 416 g/mol. The monoisotopic (exact) mass is 442 g/mol. The van der Waals surface area contributed by atoms with Gasteiger partial charge in [0.1, 0.15) is 5.65 Å². The second kappa shape index (κ2) is 8.14. The first kappa shape index (κ1) is 20.3. The average Bonchev–Trinajstić information content (AvgIpc) is 3.00. The number of aryl methyl sites for hydroxylation is 1. The van der Waals surface area contributed by atoms with Gasteiger partial charge in [-0.15, -0.1) is 0 Å². The zero-order valence-corrected chi connectivity index (χ0v) is 18.3. The van der Waals surface area contributed by atoms with Gasteiger partial charge < -0.3 is 13.9 Å². The smallest absolute Gasteiger partial charge is 0.243 e. The van der Waals surface area contributed by atoms with Crippen molar-refractivity contribution in [3.63, 3.8) is 0 Å². The third-order valence-corrected chi connectivity index (χ3v) is 7.62. The molecule has 0 atom stereocenters. The molecule has 0 aliphatic carbocycles. The number of sulfonamides is 1. The van der Waals surface area contributed by atoms with Gasteiger partial charge in [-0.2, -0.15) is 4.31 Å². The topological polar surface area (TPSA) is 76.4 Å². The van der Waals surface area contributed by atoms with Crippen LogP contribution in [0.1, 0.15) is 17.7 Å². The van der Waals surface area contributed by atoms with Crippen LogP contribution in [-0.4, -0.2) is 66.4 Å². The van der Waals surface area contributed by atoms with Crippen molar-refractivity contribution >= 4 is 15.7 Å². The molecule has 0 saturated carbocycles. The molecule has 31 heavy (non-hydrogen) atoms. The number of pyridine rings is 1. The Morgan fingerprint density at radius 1 is 0.968 bits per heavy atom. The Bertz CT molecular complexity index is 1200. The molecule has 0 N–H and O–H groups in total. The molecule has 0 spiro atoms. The molecule has 8 nitrogen and oxygen atoms in total. The molecule has 0 bridgehead atoms. The summed E-state index contributed by atoms with van der Waals surface area (Å²) in [4.78, 5) is 7.17. The van der Waals surface area contributed by atoms with Gasteiger partial charge in [-0.1, -0.05) is 6.07 Å². The Morgan fingerprint density at radius 2 is 1.74 bits per heavy atom. The number of ether oxygens (including phenoxy) is 2. The lowest BCUT2D eigenvalue weighted by Gasteiger charge is -2.33. The quantitative estimate of drug-likeness (QED) is 0.617. The van der Waals surface area contributed by atoms with Gasteiger partial charge in [0.15, 0.2) is 11.5 Å². The third-order valence-electron chi connectivity index (χ3n) is 5.72. The standard InChI is InChI=1S/C22H26N4O4S/c1-17-3-6-22-23-18(16-25(22)14-17)15-24-7-9-26(10-8-24)31(27,28)19-4-5-20-21(13-19)30-12-2-11-29-20/h3-6,13-14,16H,2,7-12,15H2,1H3. The molecule has 0 unspecified atom stereocenters. The lowest BCUT2D eigenvalue weighted by Crippen LogP contribution is -2.48. The maximum Gasteiger partial charge on any atom is 0.243 e. The van der Waals surface area contributed by atoms with Gasteiger partial charge in [0, 0.05) is 57.6 Å². The summed E-state index contributed by atoms with van der Waals surface area (Å²) in [5, 5.41) is 0. The van der Waals surface area contributed by atoms with Gasteiger partial charge in [-0.05, 0) is 30.7 Å². The van der Waals surface area contributed by atoms with Crippen molar-refractivity contribution < 1.29 is 17.9 Å². The second-order valence-electron chi connectivity index (χ2n) is 8.04. The van der Waals surface area contributed by atoms with Crippen LogP contribution < -0.4 is 9.47 Å². The van der Waals surface area contributed by atoms with Crippen LogP contribution in [0.25, 0.3) is 5.65 Å². The maximum atomic E-state index is 13.2. The summed E-state index contributed by atoms with van der Waals surface area (Å²) < 4.78 is 41.2. The van der Waals surface area contributed by atoms with E-state index in [9.17, 15) is 8.42 Å². The molecule has 2 aliphatic rings. The number of nitrogens with zero attached hydrogens (tertiary/aromatic N) is 4. The molecule has 3 aromatic rings. The normalized spacial score (nSPS) is 18.2. The molecule has 4 heterocycles. The highest BCUT2D eigenvalue weighted by molar-refractivity contribution is 7.89. The van der Waals surface area contributed by atoms with E-state index in [1.54, 1.807) is 22.5 Å². The molecule has 1 fully saturated rings. The Kier molecular flexibility index (Phi) is 5.33. The van der Waals surface area contributed by atoms with Crippen LogP contribution in [0.2, 0.25) is 0 Å². The van der Waals surface area contributed by atoms with E-state index in [0.717, 1.165) is 17.8 Å². The number of benzene rings is 1. The van der Waals surface area contributed by atoms with Gasteiger partial charge >= 0.3 is 0 Å². The molecular formula is C22H26N4O4S. The fraction of sp³-hybridized carbons (Fsp3) is 0.409. The van der Waals surface area contributed by atoms with Crippen molar-refractivity contribution in [1.29, 1.82) is 0 Å². The summed E-state index contributed by atoms with van der Waals surface area (Å²) in [5.74, 6) is 1.10. The minimum atomic E-state index is -3.58. The minimum Gasteiger partial charge on any atom is -0.490 e. The predicted octanol–water partition coefficient (Wildman–Crippen LogP) is 2.31. The molecule has 0 amide bonds. The molecule has 5 rings (SSSR count). The fourth-order valence-electron chi connectivity index (χ4n) is 4.04. The van der Waals surface area contributed by atoms with Gasteiger partial charge in [0.25, 0.3) is 0 Å². The van der Waals surface area contributed by atoms with E-state index in [4.69, 9.17) is 9.47 Å². The number of aromatic nitrogens is 2. The first-order chi connectivity index (χ1) is 15.0. The minimum absolute atomic E-state index is 0.251. The van der Waals surface area contributed by atoms with E-state index in [-0.39, 0.29) is 4.90 Å². The van der Waals surface area contributed by atoms with Gasteiger partial charge in [-0.3, -0.25) is 4.90 Å². The summed E-state index contributed by atoms with van der Waals surface area (Å²) >= 11 is 0. The number of fused-ring (bicyclic) bond motifs is 2. The first-order valence-electron chi connectivity index (χ1n) is 10.6. The highest BCUT2D eigenvalue weighted by Gasteiger charge is 2.29. The van der Waals surface area contributed by atoms with Crippen molar-refractivity contribution in [3.8, 4) is 11.5 Å². The van der Waals surface area contributed by atoms with Crippen molar-refractivity contribution in [3.05, 3.63) is 54.0 Å². The second-order valence-corrected chi connectivity index (χ2v) is 9.98. The van der Waals surface area contributed by atoms with Gasteiger partial charge in [0.2, 0.25) is 10.0 Å². The Balaban J connectivity index is 1.25. The van der Waals surface area contributed by atoms with Crippen molar-refractivity contribution in [2.24, 2.45) is 0 Å². The molecule has 9 heteroatoms. The van der Waals surface area contributed by atoms with E-state index < -0.39 is 10.0 Å². The van der Waals surface area contributed by atoms with Crippen molar-refractivity contribution in [1.82, 2.24) is 18.6 Å². The summed E-state index contributed by atoms with van der Waals surface area (Å²) in [6.45, 7) is 6.09. The lowest BCUT2D eigenvalue weighted by atomic mass is 10.3. The number of hydrogen-bond acceptors (Lipinski definition) is 6. The van der Waals surface area contributed by atoms with Crippen molar-refractivity contribution in [2.45, 2.75) is 24.8 Å². The lowest BCUT2D eigenvalue weighted by molar-refractivity contribution is 0.180. The SMILES string of the molecule is Cc1ccc2nc(CN3CCN(S(=O)(=O)c4ccc5c(c4)OCCCO5)CC3)cn2c1. The Hall–Kier alpha value is -2.62. The molecule has 2 aliphatic heterocycles. The number of hydrogen-bond donors (Lipinski definition) is 0. The van der Waals surface area contributed by atoms with Crippen LogP contribution >= 0.6 is 0 Å². The van der Waals surface area contributed by atoms with Crippen LogP contribution in [0.15, 0.2) is 47.6 Å². The van der Waals surface area contributed by atoms with Crippen LogP contribution in [0, 0.1) is 6.92 Å². The zero-order chi connectivity index (χ0) is 21.4. The van der Waals surface area contributed by atoms with Gasteiger partial charge in [-0.25, -0.2) is 13.4 Å². The van der Waals surface area contributed by atoms with Crippen LogP contribution in [0.3, 0.4) is 0 Å². The molecule has 1 saturated heterocycles. The Labute approximate surface area is 182 Å². The van der Waals surface area contributed by atoms with Gasteiger partial charge in [0.05, 0.1) is 23.8 Å². The number of piperazine rings is 1. The van der Waals surface area contributed by atoms with E-state index in [0.29, 0.717) is 57.4 Å². The number of rotatable bonds is 4. The number of imidazole rings is 1. The summed E-state index contributed by atoms with van der Waals surface area (Å²) in [7, 11) is -3.58. The molecule has 1 aromatic carbocycles. The summed E-state index contributed by atoms with van der Waals surface area (Å²) in [6, 6.07) is 8.94. The Morgan fingerprint density at radius 3 is 2.55 bits per heavy atom. The highest BCUT2D eigenvalue weighted by atomic mass is 32.2. The maximum absolute atomic E-state index is 13.2. The van der Waals surface area contributed by atoms with Crippen LogP contribution in [0.5, 0.6) is 11.5 Å². The van der Waals surface area contributed by atoms with E-state index in [1.807, 2.05) is 16.7 Å². The fourth-order valence-corrected chi connectivity index (χ4v) is 5.48. The molecule has 164 valence electrons.